The van der Waals surface area contributed by atoms with Gasteiger partial charge in [-0.05, 0) is 110 Å². The summed E-state index contributed by atoms with van der Waals surface area (Å²) in [4.78, 5) is 2.39. The number of fused-ring (bicyclic) bond motifs is 10. The first-order valence-electron chi connectivity index (χ1n) is 21.9. The predicted octanol–water partition coefficient (Wildman–Crippen LogP) is 16.3. The molecule has 0 aliphatic heterocycles. The van der Waals surface area contributed by atoms with Gasteiger partial charge in [-0.15, -0.1) is 0 Å². The SMILES string of the molecule is C[Si](C)(C)C1([Si](C)(C)C)c2ccccc2-c2cc3c(cc21)-c1cc2ccc(N(c4ccccc4)c4cccc5c4oc4ccccc45)cc2cc1C3([Si](C)(C)C)[Si](C)(C)C. The standard InChI is InChI=1S/C54H59NOSi4/c1-57(2,3)53(58(4,5)6)46-26-18-16-23-40(46)44-34-49-45(35-48(44)53)43-32-36-29-30-39(31-37(36)33-47(43)54(49,59(7,8)9)60(10,11)12)55(38-21-14-13-15-22-38)50-27-20-25-42-41-24-17-19-28-51(41)56-52(42)50/h13-35H,1-12H3. The minimum Gasteiger partial charge on any atom is -0.454 e. The molecule has 0 bridgehead atoms. The Kier molecular flexibility index (Phi) is 8.47. The molecule has 0 amide bonds. The maximum absolute atomic E-state index is 6.68. The zero-order valence-electron chi connectivity index (χ0n) is 37.6. The highest BCUT2D eigenvalue weighted by Crippen LogP contribution is 2.64. The van der Waals surface area contributed by atoms with Crippen molar-refractivity contribution in [1.82, 2.24) is 0 Å². The zero-order valence-corrected chi connectivity index (χ0v) is 41.6. The van der Waals surface area contributed by atoms with Crippen molar-refractivity contribution in [3.63, 3.8) is 0 Å². The van der Waals surface area contributed by atoms with E-state index >= 15 is 0 Å². The Labute approximate surface area is 361 Å². The molecule has 0 spiro atoms. The number of benzene rings is 7. The summed E-state index contributed by atoms with van der Waals surface area (Å²) in [5.41, 5.74) is 17.5. The molecule has 0 N–H and O–H groups in total. The highest BCUT2D eigenvalue weighted by atomic mass is 28.4. The molecule has 7 aromatic carbocycles. The molecule has 0 saturated carbocycles. The monoisotopic (exact) mass is 849 g/mol. The maximum Gasteiger partial charge on any atom is 0.159 e. The first-order valence-corrected chi connectivity index (χ1v) is 35.9. The molecular weight excluding hydrogens is 791 g/mol. The van der Waals surface area contributed by atoms with E-state index in [0.29, 0.717) is 0 Å². The number of rotatable bonds is 7. The molecule has 0 saturated heterocycles. The molecule has 8 aromatic rings. The number of hydrogen-bond donors (Lipinski definition) is 0. The summed E-state index contributed by atoms with van der Waals surface area (Å²) in [6.07, 6.45) is 0. The Morgan fingerprint density at radius 2 is 0.917 bits per heavy atom. The fourth-order valence-corrected chi connectivity index (χ4v) is 39.5. The highest BCUT2D eigenvalue weighted by molar-refractivity contribution is 7.00. The lowest BCUT2D eigenvalue weighted by Gasteiger charge is -2.52. The minimum absolute atomic E-state index is 0.0153. The molecule has 0 unspecified atom stereocenters. The Balaban J connectivity index is 1.25. The lowest BCUT2D eigenvalue weighted by Crippen LogP contribution is -2.64. The molecular formula is C54H59NOSi4. The van der Waals surface area contributed by atoms with Gasteiger partial charge in [-0.2, -0.15) is 0 Å². The van der Waals surface area contributed by atoms with Gasteiger partial charge in [0.2, 0.25) is 0 Å². The average molecular weight is 850 g/mol. The van der Waals surface area contributed by atoms with Crippen molar-refractivity contribution >= 4 is 82.1 Å². The number of anilines is 3. The van der Waals surface area contributed by atoms with Gasteiger partial charge in [-0.1, -0.05) is 163 Å². The van der Waals surface area contributed by atoms with Gasteiger partial charge in [0.15, 0.2) is 5.58 Å². The summed E-state index contributed by atoms with van der Waals surface area (Å²) in [5, 5.41) is 4.88. The van der Waals surface area contributed by atoms with Crippen molar-refractivity contribution in [3.05, 3.63) is 162 Å². The van der Waals surface area contributed by atoms with Gasteiger partial charge in [0.05, 0.1) is 38.0 Å². The van der Waals surface area contributed by atoms with Crippen molar-refractivity contribution in [2.45, 2.75) is 87.9 Å². The van der Waals surface area contributed by atoms with Gasteiger partial charge in [-0.3, -0.25) is 0 Å². The first kappa shape index (κ1) is 39.4. The van der Waals surface area contributed by atoms with Crippen LogP contribution in [-0.4, -0.2) is 32.3 Å². The van der Waals surface area contributed by atoms with E-state index in [2.05, 4.69) is 223 Å². The zero-order chi connectivity index (χ0) is 42.4. The van der Waals surface area contributed by atoms with Crippen LogP contribution in [0.2, 0.25) is 78.6 Å². The largest absolute Gasteiger partial charge is 0.454 e. The molecule has 302 valence electrons. The summed E-state index contributed by atoms with van der Waals surface area (Å²) >= 11 is 0. The quantitative estimate of drug-likeness (QED) is 0.149. The molecule has 2 nitrogen and oxygen atoms in total. The van der Waals surface area contributed by atoms with Gasteiger partial charge in [-0.25, -0.2) is 0 Å². The molecule has 0 atom stereocenters. The third-order valence-corrected chi connectivity index (χ3v) is 34.8. The molecule has 2 aliphatic rings. The van der Waals surface area contributed by atoms with E-state index in [1.165, 1.54) is 33.0 Å². The van der Waals surface area contributed by atoms with Crippen molar-refractivity contribution in [3.8, 4) is 22.3 Å². The minimum atomic E-state index is -1.96. The predicted molar refractivity (Wildman–Crippen MR) is 272 cm³/mol. The topological polar surface area (TPSA) is 16.4 Å². The number of nitrogens with zero attached hydrogens (tertiary/aromatic N) is 1. The number of hydrogen-bond acceptors (Lipinski definition) is 2. The lowest BCUT2D eigenvalue weighted by molar-refractivity contribution is 0.669. The second-order valence-corrected chi connectivity index (χ2v) is 43.8. The van der Waals surface area contributed by atoms with Crippen molar-refractivity contribution in [2.24, 2.45) is 0 Å². The van der Waals surface area contributed by atoms with Crippen LogP contribution in [0.4, 0.5) is 17.1 Å². The van der Waals surface area contributed by atoms with E-state index < -0.39 is 32.3 Å². The molecule has 10 rings (SSSR count). The second kappa shape index (κ2) is 12.9. The van der Waals surface area contributed by atoms with E-state index in [-0.39, 0.29) is 9.32 Å². The number of para-hydroxylation sites is 3. The van der Waals surface area contributed by atoms with E-state index in [1.54, 1.807) is 22.3 Å². The van der Waals surface area contributed by atoms with Crippen LogP contribution in [0.3, 0.4) is 0 Å². The molecule has 0 fully saturated rings. The Hall–Kier alpha value is -4.73. The summed E-state index contributed by atoms with van der Waals surface area (Å²) in [7, 11) is -7.57. The highest BCUT2D eigenvalue weighted by Gasteiger charge is 2.63. The van der Waals surface area contributed by atoms with E-state index in [4.69, 9.17) is 4.42 Å². The maximum atomic E-state index is 6.68. The van der Waals surface area contributed by atoms with Crippen LogP contribution >= 0.6 is 0 Å². The second-order valence-electron chi connectivity index (χ2n) is 21.8. The summed E-state index contributed by atoms with van der Waals surface area (Å²) in [6.45, 7) is 31.8. The van der Waals surface area contributed by atoms with Crippen LogP contribution < -0.4 is 4.90 Å². The third-order valence-electron chi connectivity index (χ3n) is 14.6. The van der Waals surface area contributed by atoms with Crippen LogP contribution in [0.25, 0.3) is 55.0 Å². The average Bonchev–Trinajstić information content (AvgIpc) is 3.81. The normalized spacial score (nSPS) is 15.6. The number of furan rings is 1. The van der Waals surface area contributed by atoms with Crippen molar-refractivity contribution in [2.75, 3.05) is 4.90 Å². The van der Waals surface area contributed by atoms with Crippen molar-refractivity contribution in [1.29, 1.82) is 0 Å². The van der Waals surface area contributed by atoms with E-state index in [0.717, 1.165) is 39.0 Å². The summed E-state index contributed by atoms with van der Waals surface area (Å²) in [6, 6.07) is 53.3. The molecule has 1 heterocycles. The van der Waals surface area contributed by atoms with Crippen molar-refractivity contribution < 1.29 is 4.42 Å². The molecule has 60 heavy (non-hydrogen) atoms. The van der Waals surface area contributed by atoms with Crippen LogP contribution in [0.5, 0.6) is 0 Å². The van der Waals surface area contributed by atoms with E-state index in [1.807, 2.05) is 0 Å². The summed E-state index contributed by atoms with van der Waals surface area (Å²) in [5.74, 6) is 0. The van der Waals surface area contributed by atoms with Gasteiger partial charge in [0.1, 0.15) is 5.58 Å². The van der Waals surface area contributed by atoms with Crippen LogP contribution in [-0.2, 0) is 9.32 Å². The molecule has 0 radical (unpaired) electrons. The fourth-order valence-electron chi connectivity index (χ4n) is 13.4. The van der Waals surface area contributed by atoms with Crippen LogP contribution in [0.1, 0.15) is 22.3 Å². The van der Waals surface area contributed by atoms with Gasteiger partial charge >= 0.3 is 0 Å². The molecule has 1 aromatic heterocycles. The van der Waals surface area contributed by atoms with Gasteiger partial charge < -0.3 is 9.32 Å². The van der Waals surface area contributed by atoms with Gasteiger partial charge in [0.25, 0.3) is 0 Å². The Morgan fingerprint density at radius 1 is 0.383 bits per heavy atom. The third kappa shape index (κ3) is 5.14. The van der Waals surface area contributed by atoms with Gasteiger partial charge in [0, 0.05) is 31.5 Å². The molecule has 2 aliphatic carbocycles. The van der Waals surface area contributed by atoms with E-state index in [9.17, 15) is 0 Å². The Bertz CT molecular complexity index is 3010. The van der Waals surface area contributed by atoms with Crippen LogP contribution in [0, 0.1) is 0 Å². The lowest BCUT2D eigenvalue weighted by atomic mass is 9.96. The molecule has 6 heteroatoms. The smallest absolute Gasteiger partial charge is 0.159 e. The fraction of sp³-hybridized carbons (Fsp3) is 0.259. The summed E-state index contributed by atoms with van der Waals surface area (Å²) < 4.78 is 6.80. The Morgan fingerprint density at radius 3 is 1.58 bits per heavy atom. The first-order chi connectivity index (χ1) is 28.3. The van der Waals surface area contributed by atoms with Crippen LogP contribution in [0.15, 0.2) is 144 Å².